The van der Waals surface area contributed by atoms with Crippen LogP contribution in [0.3, 0.4) is 0 Å². The highest BCUT2D eigenvalue weighted by molar-refractivity contribution is 7.88. The molecule has 0 radical (unpaired) electrons. The number of halogens is 4. The number of rotatable bonds is 5. The number of alkyl halides is 3. The van der Waals surface area contributed by atoms with Crippen LogP contribution in [0.1, 0.15) is 12.8 Å². The Kier molecular flexibility index (Phi) is 6.58. The summed E-state index contributed by atoms with van der Waals surface area (Å²) in [5.41, 5.74) is -0.708. The summed E-state index contributed by atoms with van der Waals surface area (Å²) >= 11 is 6.19. The summed E-state index contributed by atoms with van der Waals surface area (Å²) in [5, 5.41) is 3.53. The van der Waals surface area contributed by atoms with Gasteiger partial charge in [0.1, 0.15) is 12.2 Å². The summed E-state index contributed by atoms with van der Waals surface area (Å²) in [5.74, 6) is 0.0612. The van der Waals surface area contributed by atoms with Gasteiger partial charge in [0.15, 0.2) is 0 Å². The highest BCUT2D eigenvalue weighted by Gasteiger charge is 2.31. The summed E-state index contributed by atoms with van der Waals surface area (Å²) in [6.45, 7) is -0.905. The molecule has 1 N–H and O–H groups in total. The third-order valence-electron chi connectivity index (χ3n) is 5.58. The van der Waals surface area contributed by atoms with Crippen LogP contribution in [-0.4, -0.2) is 58.8 Å². The van der Waals surface area contributed by atoms with Gasteiger partial charge in [0.05, 0.1) is 6.26 Å². The van der Waals surface area contributed by atoms with Crippen molar-refractivity contribution in [2.24, 2.45) is 0 Å². The molecule has 182 valence electrons. The van der Waals surface area contributed by atoms with Gasteiger partial charge < -0.3 is 5.32 Å². The average molecular weight is 516 g/mol. The molecule has 1 aliphatic rings. The molecule has 0 spiro atoms. The topological polar surface area (TPSA) is 97.2 Å². The molecule has 8 nitrogen and oxygen atoms in total. The van der Waals surface area contributed by atoms with Crippen LogP contribution in [0.15, 0.2) is 41.3 Å². The van der Waals surface area contributed by atoms with E-state index >= 15 is 0 Å². The van der Waals surface area contributed by atoms with Gasteiger partial charge in [-0.25, -0.2) is 17.7 Å². The first-order valence-electron chi connectivity index (χ1n) is 10.4. The second-order valence-electron chi connectivity index (χ2n) is 8.10. The van der Waals surface area contributed by atoms with Crippen LogP contribution in [0.2, 0.25) is 5.02 Å². The van der Waals surface area contributed by atoms with E-state index in [1.54, 1.807) is 24.3 Å². The number of nitrogens with zero attached hydrogens (tertiary/aromatic N) is 4. The van der Waals surface area contributed by atoms with Crippen molar-refractivity contribution in [1.29, 1.82) is 0 Å². The molecule has 1 aromatic carbocycles. The summed E-state index contributed by atoms with van der Waals surface area (Å²) in [6.07, 6.45) is -1.20. The molecular formula is C21H21ClF3N5O3S. The monoisotopic (exact) mass is 515 g/mol. The molecule has 0 atom stereocenters. The second kappa shape index (κ2) is 9.16. The smallest absolute Gasteiger partial charge is 0.351 e. The van der Waals surface area contributed by atoms with Crippen LogP contribution < -0.4 is 10.9 Å². The minimum atomic E-state index is -4.66. The molecule has 3 heterocycles. The molecular weight excluding hydrogens is 495 g/mol. The molecule has 34 heavy (non-hydrogen) atoms. The summed E-state index contributed by atoms with van der Waals surface area (Å²) in [7, 11) is -3.29. The Morgan fingerprint density at radius 3 is 2.47 bits per heavy atom. The highest BCUT2D eigenvalue weighted by Crippen LogP contribution is 2.28. The molecule has 3 aromatic rings. The summed E-state index contributed by atoms with van der Waals surface area (Å²) in [6, 6.07) is 7.66. The van der Waals surface area contributed by atoms with Crippen molar-refractivity contribution in [2.45, 2.75) is 31.6 Å². The molecule has 0 amide bonds. The van der Waals surface area contributed by atoms with Crippen molar-refractivity contribution in [3.8, 4) is 11.1 Å². The molecule has 13 heteroatoms. The van der Waals surface area contributed by atoms with Crippen molar-refractivity contribution in [3.05, 3.63) is 51.9 Å². The van der Waals surface area contributed by atoms with Crippen LogP contribution >= 0.6 is 11.6 Å². The van der Waals surface area contributed by atoms with Gasteiger partial charge in [-0.2, -0.15) is 18.2 Å². The van der Waals surface area contributed by atoms with Crippen LogP contribution in [-0.2, 0) is 16.6 Å². The van der Waals surface area contributed by atoms with E-state index in [1.165, 1.54) is 16.6 Å². The van der Waals surface area contributed by atoms with Crippen LogP contribution in [0.4, 0.5) is 19.1 Å². The maximum atomic E-state index is 13.4. The minimum absolute atomic E-state index is 0.0137. The van der Waals surface area contributed by atoms with Crippen molar-refractivity contribution in [2.75, 3.05) is 24.7 Å². The van der Waals surface area contributed by atoms with Gasteiger partial charge in [-0.15, -0.1) is 0 Å². The first-order chi connectivity index (χ1) is 15.9. The molecule has 4 rings (SSSR count). The third-order valence-corrected chi connectivity index (χ3v) is 7.22. The SMILES string of the molecule is CS(=O)(=O)N1CCC(Nc2ncc3cc(-c4ccccc4Cl)c(=O)n(CC(F)(F)F)c3n2)CC1. The quantitative estimate of drug-likeness (QED) is 0.558. The van der Waals surface area contributed by atoms with Gasteiger partial charge in [0.25, 0.3) is 5.56 Å². The summed E-state index contributed by atoms with van der Waals surface area (Å²) in [4.78, 5) is 21.5. The highest BCUT2D eigenvalue weighted by atomic mass is 35.5. The van der Waals surface area contributed by atoms with Crippen LogP contribution in [0, 0.1) is 0 Å². The molecule has 0 unspecified atom stereocenters. The Hall–Kier alpha value is -2.70. The number of sulfonamides is 1. The fourth-order valence-electron chi connectivity index (χ4n) is 3.94. The molecule has 0 bridgehead atoms. The van der Waals surface area contributed by atoms with Gasteiger partial charge in [-0.05, 0) is 25.0 Å². The third kappa shape index (κ3) is 5.34. The van der Waals surface area contributed by atoms with E-state index in [9.17, 15) is 26.4 Å². The summed E-state index contributed by atoms with van der Waals surface area (Å²) < 4.78 is 65.4. The van der Waals surface area contributed by atoms with Crippen LogP contribution in [0.5, 0.6) is 0 Å². The zero-order chi connectivity index (χ0) is 24.7. The predicted molar refractivity (Wildman–Crippen MR) is 123 cm³/mol. The fourth-order valence-corrected chi connectivity index (χ4v) is 5.05. The maximum Gasteiger partial charge on any atom is 0.406 e. The Balaban J connectivity index is 1.72. The molecule has 2 aromatic heterocycles. The lowest BCUT2D eigenvalue weighted by Crippen LogP contribution is -2.42. The van der Waals surface area contributed by atoms with Crippen molar-refractivity contribution in [1.82, 2.24) is 18.8 Å². The average Bonchev–Trinajstić information content (AvgIpc) is 2.75. The first kappa shape index (κ1) is 24.4. The lowest BCUT2D eigenvalue weighted by molar-refractivity contribution is -0.140. The number of nitrogens with one attached hydrogen (secondary N) is 1. The van der Waals surface area contributed by atoms with Gasteiger partial charge >= 0.3 is 6.18 Å². The van der Waals surface area contributed by atoms with E-state index in [0.29, 0.717) is 36.1 Å². The van der Waals surface area contributed by atoms with E-state index < -0.39 is 28.3 Å². The number of pyridine rings is 1. The predicted octanol–water partition coefficient (Wildman–Crippen LogP) is 3.51. The fraction of sp³-hybridized carbons (Fsp3) is 0.381. The van der Waals surface area contributed by atoms with E-state index in [-0.39, 0.29) is 33.6 Å². The zero-order valence-electron chi connectivity index (χ0n) is 18.0. The Bertz CT molecular complexity index is 1390. The van der Waals surface area contributed by atoms with E-state index in [0.717, 1.165) is 6.26 Å². The molecule has 0 saturated carbocycles. The van der Waals surface area contributed by atoms with E-state index in [4.69, 9.17) is 11.6 Å². The lowest BCUT2D eigenvalue weighted by Gasteiger charge is -2.30. The number of anilines is 1. The van der Waals surface area contributed by atoms with Gasteiger partial charge in [-0.1, -0.05) is 29.8 Å². The zero-order valence-corrected chi connectivity index (χ0v) is 19.6. The Morgan fingerprint density at radius 1 is 1.18 bits per heavy atom. The molecule has 1 aliphatic heterocycles. The standard InChI is InChI=1S/C21H21ClF3N5O3S/c1-34(32,33)29-8-6-14(7-9-29)27-20-26-11-13-10-16(15-4-2-3-5-17(15)22)19(31)30(18(13)28-20)12-21(23,24)25/h2-5,10-11,14H,6-9,12H2,1H3,(H,26,27,28). The van der Waals surface area contributed by atoms with Gasteiger partial charge in [-0.3, -0.25) is 9.36 Å². The number of hydrogen-bond acceptors (Lipinski definition) is 6. The molecule has 1 fully saturated rings. The minimum Gasteiger partial charge on any atom is -0.351 e. The largest absolute Gasteiger partial charge is 0.406 e. The lowest BCUT2D eigenvalue weighted by atomic mass is 10.1. The number of hydrogen-bond donors (Lipinski definition) is 1. The van der Waals surface area contributed by atoms with E-state index in [2.05, 4.69) is 15.3 Å². The van der Waals surface area contributed by atoms with Crippen molar-refractivity contribution < 1.29 is 21.6 Å². The Morgan fingerprint density at radius 2 is 1.85 bits per heavy atom. The van der Waals surface area contributed by atoms with Crippen molar-refractivity contribution >= 4 is 38.6 Å². The molecule has 0 aliphatic carbocycles. The van der Waals surface area contributed by atoms with Crippen LogP contribution in [0.25, 0.3) is 22.2 Å². The van der Waals surface area contributed by atoms with Gasteiger partial charge in [0, 0.05) is 46.9 Å². The number of benzene rings is 1. The number of aromatic nitrogens is 3. The second-order valence-corrected chi connectivity index (χ2v) is 10.5. The first-order valence-corrected chi connectivity index (χ1v) is 12.6. The molecule has 1 saturated heterocycles. The number of fused-ring (bicyclic) bond motifs is 1. The van der Waals surface area contributed by atoms with E-state index in [1.807, 2.05) is 0 Å². The number of piperidine rings is 1. The van der Waals surface area contributed by atoms with Crippen molar-refractivity contribution in [3.63, 3.8) is 0 Å². The normalized spacial score (nSPS) is 16.1. The Labute approximate surface area is 198 Å². The maximum absolute atomic E-state index is 13.4. The van der Waals surface area contributed by atoms with Gasteiger partial charge in [0.2, 0.25) is 16.0 Å².